The van der Waals surface area contributed by atoms with E-state index in [0.717, 1.165) is 0 Å². The molecule has 1 aromatic carbocycles. The van der Waals surface area contributed by atoms with Crippen molar-refractivity contribution < 1.29 is 22.4 Å². The highest BCUT2D eigenvalue weighted by molar-refractivity contribution is 9.10. The third kappa shape index (κ3) is 3.67. The second kappa shape index (κ2) is 6.90. The number of hydrogen-bond donors (Lipinski definition) is 0. The number of ether oxygens (including phenoxy) is 2. The average Bonchev–Trinajstić information content (AvgIpc) is 2.91. The lowest BCUT2D eigenvalue weighted by molar-refractivity contribution is 0.353. The Morgan fingerprint density at radius 3 is 2.35 bits per heavy atom. The van der Waals surface area contributed by atoms with Crippen LogP contribution in [-0.4, -0.2) is 39.1 Å². The second-order valence-corrected chi connectivity index (χ2v) is 7.70. The van der Waals surface area contributed by atoms with Crippen LogP contribution in [0.15, 0.2) is 32.1 Å². The van der Waals surface area contributed by atoms with Crippen molar-refractivity contribution in [3.05, 3.63) is 34.1 Å². The summed E-state index contributed by atoms with van der Waals surface area (Å²) < 4.78 is 42.4. The van der Waals surface area contributed by atoms with Crippen LogP contribution in [0.3, 0.4) is 0 Å². The predicted octanol–water partition coefficient (Wildman–Crippen LogP) is 2.58. The zero-order valence-electron chi connectivity index (χ0n) is 13.2. The number of methoxy groups -OCH3 is 2. The van der Waals surface area contributed by atoms with Gasteiger partial charge in [0.25, 0.3) is 0 Å². The first-order chi connectivity index (χ1) is 10.8. The van der Waals surface area contributed by atoms with E-state index < -0.39 is 10.0 Å². The zero-order valence-corrected chi connectivity index (χ0v) is 15.6. The maximum Gasteiger partial charge on any atom is 0.244 e. The van der Waals surface area contributed by atoms with Crippen molar-refractivity contribution in [2.45, 2.75) is 18.4 Å². The molecule has 0 unspecified atom stereocenters. The van der Waals surface area contributed by atoms with Gasteiger partial charge in [-0.15, -0.1) is 0 Å². The van der Waals surface area contributed by atoms with E-state index >= 15 is 0 Å². The molecule has 0 atom stereocenters. The first kappa shape index (κ1) is 17.8. The molecular weight excluding hydrogens is 388 g/mol. The molecule has 7 nitrogen and oxygen atoms in total. The molecule has 0 fully saturated rings. The molecule has 0 aliphatic heterocycles. The summed E-state index contributed by atoms with van der Waals surface area (Å²) in [6, 6.07) is 4.66. The lowest BCUT2D eigenvalue weighted by atomic mass is 10.3. The minimum absolute atomic E-state index is 0.0814. The quantitative estimate of drug-likeness (QED) is 0.735. The van der Waals surface area contributed by atoms with Crippen LogP contribution in [-0.2, 0) is 16.6 Å². The topological polar surface area (TPSA) is 81.9 Å². The number of rotatable bonds is 6. The number of aromatic nitrogens is 1. The molecular formula is C14H17BrN2O5S. The molecule has 126 valence electrons. The van der Waals surface area contributed by atoms with Crippen LogP contribution >= 0.6 is 15.9 Å². The largest absolute Gasteiger partial charge is 0.493 e. The second-order valence-electron chi connectivity index (χ2n) is 4.83. The van der Waals surface area contributed by atoms with Gasteiger partial charge in [-0.1, -0.05) is 5.16 Å². The molecule has 2 aromatic rings. The van der Waals surface area contributed by atoms with Crippen molar-refractivity contribution in [1.29, 1.82) is 0 Å². The predicted molar refractivity (Wildman–Crippen MR) is 87.1 cm³/mol. The fourth-order valence-electron chi connectivity index (χ4n) is 2.01. The number of nitrogens with zero attached hydrogens (tertiary/aromatic N) is 2. The summed E-state index contributed by atoms with van der Waals surface area (Å²) in [5.74, 6) is 1.39. The van der Waals surface area contributed by atoms with E-state index in [2.05, 4.69) is 21.1 Å². The third-order valence-corrected chi connectivity index (χ3v) is 5.95. The molecule has 1 aromatic heterocycles. The molecule has 0 amide bonds. The van der Waals surface area contributed by atoms with Crippen LogP contribution in [0, 0.1) is 6.92 Å². The van der Waals surface area contributed by atoms with Gasteiger partial charge in [0.1, 0.15) is 10.7 Å². The molecule has 0 radical (unpaired) electrons. The average molecular weight is 405 g/mol. The van der Waals surface area contributed by atoms with Gasteiger partial charge in [0.2, 0.25) is 10.0 Å². The number of sulfonamides is 1. The normalized spacial score (nSPS) is 11.7. The van der Waals surface area contributed by atoms with E-state index in [9.17, 15) is 8.42 Å². The van der Waals surface area contributed by atoms with Crippen LogP contribution in [0.1, 0.15) is 11.5 Å². The van der Waals surface area contributed by atoms with Crippen LogP contribution in [0.2, 0.25) is 0 Å². The SMILES string of the molecule is COc1cc(Br)c(S(=O)(=O)N(C)Cc2cc(C)on2)cc1OC. The highest BCUT2D eigenvalue weighted by Gasteiger charge is 2.26. The van der Waals surface area contributed by atoms with Gasteiger partial charge in [0, 0.05) is 23.7 Å². The highest BCUT2D eigenvalue weighted by Crippen LogP contribution is 2.36. The molecule has 0 spiro atoms. The third-order valence-electron chi connectivity index (χ3n) is 3.19. The van der Waals surface area contributed by atoms with E-state index in [0.29, 0.717) is 27.4 Å². The van der Waals surface area contributed by atoms with Gasteiger partial charge in [-0.25, -0.2) is 8.42 Å². The van der Waals surface area contributed by atoms with E-state index in [1.807, 2.05) is 0 Å². The molecule has 0 aliphatic carbocycles. The summed E-state index contributed by atoms with van der Waals surface area (Å²) in [5.41, 5.74) is 0.533. The minimum atomic E-state index is -3.75. The van der Waals surface area contributed by atoms with Gasteiger partial charge in [-0.05, 0) is 28.9 Å². The maximum absolute atomic E-state index is 12.8. The number of hydrogen-bond acceptors (Lipinski definition) is 6. The molecule has 9 heteroatoms. The molecule has 0 bridgehead atoms. The van der Waals surface area contributed by atoms with Crippen molar-refractivity contribution in [3.8, 4) is 11.5 Å². The van der Waals surface area contributed by atoms with Crippen LogP contribution in [0.5, 0.6) is 11.5 Å². The van der Waals surface area contributed by atoms with Gasteiger partial charge in [0.05, 0.1) is 26.5 Å². The first-order valence-corrected chi connectivity index (χ1v) is 8.83. The molecule has 2 rings (SSSR count). The molecule has 0 saturated heterocycles. The summed E-state index contributed by atoms with van der Waals surface area (Å²) in [6.07, 6.45) is 0. The highest BCUT2D eigenvalue weighted by atomic mass is 79.9. The van der Waals surface area contributed by atoms with Gasteiger partial charge >= 0.3 is 0 Å². The van der Waals surface area contributed by atoms with E-state index in [4.69, 9.17) is 14.0 Å². The first-order valence-electron chi connectivity index (χ1n) is 6.59. The summed E-state index contributed by atoms with van der Waals surface area (Å²) in [7, 11) is 0.660. The Morgan fingerprint density at radius 1 is 1.22 bits per heavy atom. The van der Waals surface area contributed by atoms with Crippen molar-refractivity contribution in [2.24, 2.45) is 0 Å². The van der Waals surface area contributed by atoms with Crippen LogP contribution < -0.4 is 9.47 Å². The van der Waals surface area contributed by atoms with Crippen LogP contribution in [0.25, 0.3) is 0 Å². The van der Waals surface area contributed by atoms with Crippen molar-refractivity contribution in [2.75, 3.05) is 21.3 Å². The Bertz CT molecular complexity index is 803. The molecule has 0 N–H and O–H groups in total. The Labute approximate surface area is 143 Å². The Balaban J connectivity index is 2.38. The molecule has 23 heavy (non-hydrogen) atoms. The minimum Gasteiger partial charge on any atom is -0.493 e. The zero-order chi connectivity index (χ0) is 17.2. The summed E-state index contributed by atoms with van der Waals surface area (Å²) >= 11 is 3.27. The maximum atomic E-state index is 12.8. The number of benzene rings is 1. The lowest BCUT2D eigenvalue weighted by Crippen LogP contribution is -2.27. The van der Waals surface area contributed by atoms with Crippen LogP contribution in [0.4, 0.5) is 0 Å². The summed E-state index contributed by atoms with van der Waals surface area (Å²) in [5, 5.41) is 3.81. The van der Waals surface area contributed by atoms with Gasteiger partial charge in [-0.3, -0.25) is 0 Å². The van der Waals surface area contributed by atoms with Gasteiger partial charge in [0.15, 0.2) is 11.5 Å². The summed E-state index contributed by atoms with van der Waals surface area (Å²) in [6.45, 7) is 1.84. The van der Waals surface area contributed by atoms with Gasteiger partial charge < -0.3 is 14.0 Å². The van der Waals surface area contributed by atoms with E-state index in [-0.39, 0.29) is 11.4 Å². The Hall–Kier alpha value is -1.58. The fraction of sp³-hybridized carbons (Fsp3) is 0.357. The fourth-order valence-corrected chi connectivity index (χ4v) is 4.14. The van der Waals surface area contributed by atoms with Gasteiger partial charge in [-0.2, -0.15) is 4.31 Å². The Kier molecular flexibility index (Phi) is 5.33. The molecule has 0 saturated carbocycles. The standard InChI is InChI=1S/C14H17BrN2O5S/c1-9-5-10(16-22-9)8-17(2)23(18,19)14-7-13(21-4)12(20-3)6-11(14)15/h5-7H,8H2,1-4H3. The van der Waals surface area contributed by atoms with E-state index in [1.54, 1.807) is 19.1 Å². The molecule has 0 aliphatic rings. The summed E-state index contributed by atoms with van der Waals surface area (Å²) in [4.78, 5) is 0.0814. The Morgan fingerprint density at radius 2 is 1.83 bits per heavy atom. The van der Waals surface area contributed by atoms with Crippen molar-refractivity contribution in [3.63, 3.8) is 0 Å². The van der Waals surface area contributed by atoms with Crippen molar-refractivity contribution >= 4 is 26.0 Å². The molecule has 1 heterocycles. The van der Waals surface area contributed by atoms with E-state index in [1.165, 1.54) is 31.6 Å². The number of halogens is 1. The smallest absolute Gasteiger partial charge is 0.244 e. The lowest BCUT2D eigenvalue weighted by Gasteiger charge is -2.18. The monoisotopic (exact) mass is 404 g/mol. The number of aryl methyl sites for hydroxylation is 1. The van der Waals surface area contributed by atoms with Crippen molar-refractivity contribution in [1.82, 2.24) is 9.46 Å².